The molecule has 3 aromatic rings. The molecular weight excluding hydrogens is 342 g/mol. The van der Waals surface area contributed by atoms with E-state index in [9.17, 15) is 9.59 Å². The van der Waals surface area contributed by atoms with E-state index in [4.69, 9.17) is 0 Å². The van der Waals surface area contributed by atoms with Gasteiger partial charge in [-0.1, -0.05) is 12.8 Å². The SMILES string of the molecule is O=C1Cc2cc(NC(=O)c3cnc4c(c3)ncn4C3CCCC3)ccc2N1. The van der Waals surface area contributed by atoms with Crippen LogP contribution in [0.3, 0.4) is 0 Å². The number of nitrogens with one attached hydrogen (secondary N) is 2. The maximum atomic E-state index is 12.6. The average molecular weight is 361 g/mol. The maximum Gasteiger partial charge on any atom is 0.257 e. The summed E-state index contributed by atoms with van der Waals surface area (Å²) in [5.41, 5.74) is 4.39. The van der Waals surface area contributed by atoms with E-state index < -0.39 is 0 Å². The lowest BCUT2D eigenvalue weighted by molar-refractivity contribution is -0.115. The zero-order chi connectivity index (χ0) is 18.4. The number of imidazole rings is 1. The normalized spacial score (nSPS) is 16.5. The number of amides is 2. The standard InChI is InChI=1S/C20H19N5O2/c26-18-9-12-7-14(5-6-16(12)24-18)23-20(27)13-8-17-19(21-10-13)25(11-22-17)15-3-1-2-4-15/h5-8,10-11,15H,1-4,9H2,(H,23,27)(H,24,26). The van der Waals surface area contributed by atoms with E-state index in [1.165, 1.54) is 12.8 Å². The fourth-order valence-electron chi connectivity index (χ4n) is 4.00. The third-order valence-electron chi connectivity index (χ3n) is 5.38. The number of hydrogen-bond acceptors (Lipinski definition) is 4. The molecular formula is C20H19N5O2. The molecule has 1 aromatic carbocycles. The first kappa shape index (κ1) is 16.0. The summed E-state index contributed by atoms with van der Waals surface area (Å²) in [5, 5.41) is 5.66. The van der Waals surface area contributed by atoms with Crippen molar-refractivity contribution >= 4 is 34.4 Å². The predicted octanol–water partition coefficient (Wildman–Crippen LogP) is 3.29. The van der Waals surface area contributed by atoms with Crippen molar-refractivity contribution in [1.29, 1.82) is 0 Å². The fourth-order valence-corrected chi connectivity index (χ4v) is 4.00. The summed E-state index contributed by atoms with van der Waals surface area (Å²) in [6.45, 7) is 0. The number of fused-ring (bicyclic) bond motifs is 2. The van der Waals surface area contributed by atoms with Crippen LogP contribution in [-0.2, 0) is 11.2 Å². The van der Waals surface area contributed by atoms with Gasteiger partial charge in [0.05, 0.1) is 18.3 Å². The zero-order valence-electron chi connectivity index (χ0n) is 14.7. The van der Waals surface area contributed by atoms with Crippen molar-refractivity contribution < 1.29 is 9.59 Å². The van der Waals surface area contributed by atoms with E-state index in [1.54, 1.807) is 24.4 Å². The third kappa shape index (κ3) is 2.85. The Morgan fingerprint density at radius 1 is 1.19 bits per heavy atom. The molecule has 1 saturated carbocycles. The number of rotatable bonds is 3. The highest BCUT2D eigenvalue weighted by Gasteiger charge is 2.21. The molecule has 0 saturated heterocycles. The van der Waals surface area contributed by atoms with Gasteiger partial charge in [0.1, 0.15) is 5.52 Å². The molecule has 0 spiro atoms. The van der Waals surface area contributed by atoms with Crippen LogP contribution in [0.5, 0.6) is 0 Å². The van der Waals surface area contributed by atoms with Crippen LogP contribution in [0.15, 0.2) is 36.8 Å². The van der Waals surface area contributed by atoms with Crippen molar-refractivity contribution in [3.8, 4) is 0 Å². The largest absolute Gasteiger partial charge is 0.326 e. The molecule has 1 fully saturated rings. The minimum absolute atomic E-state index is 0.0269. The summed E-state index contributed by atoms with van der Waals surface area (Å²) in [6.07, 6.45) is 8.57. The van der Waals surface area contributed by atoms with Gasteiger partial charge >= 0.3 is 0 Å². The van der Waals surface area contributed by atoms with Crippen LogP contribution in [0.4, 0.5) is 11.4 Å². The number of aromatic nitrogens is 3. The van der Waals surface area contributed by atoms with E-state index in [1.807, 2.05) is 12.4 Å². The second-order valence-corrected chi connectivity index (χ2v) is 7.21. The van der Waals surface area contributed by atoms with Crippen molar-refractivity contribution in [1.82, 2.24) is 14.5 Å². The molecule has 2 aromatic heterocycles. The highest BCUT2D eigenvalue weighted by atomic mass is 16.2. The van der Waals surface area contributed by atoms with Gasteiger partial charge < -0.3 is 15.2 Å². The highest BCUT2D eigenvalue weighted by molar-refractivity contribution is 6.06. The van der Waals surface area contributed by atoms with Gasteiger partial charge in [0.15, 0.2) is 5.65 Å². The molecule has 0 bridgehead atoms. The van der Waals surface area contributed by atoms with Crippen LogP contribution in [-0.4, -0.2) is 26.3 Å². The maximum absolute atomic E-state index is 12.6. The van der Waals surface area contributed by atoms with E-state index >= 15 is 0 Å². The number of carbonyl (C=O) groups excluding carboxylic acids is 2. The second-order valence-electron chi connectivity index (χ2n) is 7.21. The summed E-state index contributed by atoms with van der Waals surface area (Å²) in [4.78, 5) is 33.0. The van der Waals surface area contributed by atoms with Crippen molar-refractivity contribution in [3.63, 3.8) is 0 Å². The van der Waals surface area contributed by atoms with Crippen molar-refractivity contribution in [3.05, 3.63) is 47.9 Å². The molecule has 1 aliphatic carbocycles. The van der Waals surface area contributed by atoms with Crippen molar-refractivity contribution in [2.45, 2.75) is 38.1 Å². The third-order valence-corrected chi connectivity index (χ3v) is 5.38. The van der Waals surface area contributed by atoms with Crippen LogP contribution in [0.2, 0.25) is 0 Å². The molecule has 3 heterocycles. The molecule has 0 radical (unpaired) electrons. The van der Waals surface area contributed by atoms with Crippen LogP contribution in [0.1, 0.15) is 47.6 Å². The predicted molar refractivity (Wildman–Crippen MR) is 102 cm³/mol. The molecule has 136 valence electrons. The van der Waals surface area contributed by atoms with Gasteiger partial charge in [-0.3, -0.25) is 9.59 Å². The summed E-state index contributed by atoms with van der Waals surface area (Å²) in [5.74, 6) is -0.266. The summed E-state index contributed by atoms with van der Waals surface area (Å²) >= 11 is 0. The Morgan fingerprint density at radius 3 is 2.89 bits per heavy atom. The minimum atomic E-state index is -0.239. The van der Waals surface area contributed by atoms with Crippen molar-refractivity contribution in [2.75, 3.05) is 10.6 Å². The van der Waals surface area contributed by atoms with E-state index in [-0.39, 0.29) is 11.8 Å². The number of carbonyl (C=O) groups is 2. The monoisotopic (exact) mass is 361 g/mol. The van der Waals surface area contributed by atoms with E-state index in [2.05, 4.69) is 25.2 Å². The van der Waals surface area contributed by atoms with Gasteiger partial charge in [-0.25, -0.2) is 9.97 Å². The molecule has 0 atom stereocenters. The highest BCUT2D eigenvalue weighted by Crippen LogP contribution is 2.31. The minimum Gasteiger partial charge on any atom is -0.326 e. The lowest BCUT2D eigenvalue weighted by Gasteiger charge is -2.11. The lowest BCUT2D eigenvalue weighted by atomic mass is 10.1. The van der Waals surface area contributed by atoms with Gasteiger partial charge in [0.25, 0.3) is 5.91 Å². The van der Waals surface area contributed by atoms with Gasteiger partial charge in [-0.2, -0.15) is 0 Å². The summed E-state index contributed by atoms with van der Waals surface area (Å²) < 4.78 is 2.13. The van der Waals surface area contributed by atoms with Gasteiger partial charge in [0.2, 0.25) is 5.91 Å². The smallest absolute Gasteiger partial charge is 0.257 e. The topological polar surface area (TPSA) is 88.9 Å². The number of pyridine rings is 1. The fraction of sp³-hybridized carbons (Fsp3) is 0.300. The number of benzene rings is 1. The van der Waals surface area contributed by atoms with E-state index in [0.717, 1.165) is 35.3 Å². The van der Waals surface area contributed by atoms with E-state index in [0.29, 0.717) is 23.7 Å². The van der Waals surface area contributed by atoms with Crippen LogP contribution in [0.25, 0.3) is 11.2 Å². The molecule has 2 aliphatic rings. The van der Waals surface area contributed by atoms with Gasteiger partial charge in [-0.15, -0.1) is 0 Å². The Labute approximate surface area is 155 Å². The summed E-state index contributed by atoms with van der Waals surface area (Å²) in [6, 6.07) is 7.65. The quantitative estimate of drug-likeness (QED) is 0.749. The number of anilines is 2. The van der Waals surface area contributed by atoms with Crippen LogP contribution in [0, 0.1) is 0 Å². The first-order chi connectivity index (χ1) is 13.2. The molecule has 5 rings (SSSR count). The Morgan fingerprint density at radius 2 is 2.04 bits per heavy atom. The molecule has 27 heavy (non-hydrogen) atoms. The molecule has 2 N–H and O–H groups in total. The molecule has 7 heteroatoms. The summed E-state index contributed by atoms with van der Waals surface area (Å²) in [7, 11) is 0. The average Bonchev–Trinajstić information content (AvgIpc) is 3.39. The first-order valence-electron chi connectivity index (χ1n) is 9.24. The Bertz CT molecular complexity index is 1070. The second kappa shape index (κ2) is 6.19. The van der Waals surface area contributed by atoms with Crippen LogP contribution < -0.4 is 10.6 Å². The van der Waals surface area contributed by atoms with Gasteiger partial charge in [-0.05, 0) is 42.7 Å². The Balaban J connectivity index is 1.38. The Kier molecular flexibility index (Phi) is 3.67. The molecule has 0 unspecified atom stereocenters. The zero-order valence-corrected chi connectivity index (χ0v) is 14.7. The number of hydrogen-bond donors (Lipinski definition) is 2. The molecule has 2 amide bonds. The first-order valence-corrected chi connectivity index (χ1v) is 9.24. The van der Waals surface area contributed by atoms with Gasteiger partial charge in [0, 0.05) is 23.6 Å². The van der Waals surface area contributed by atoms with Crippen LogP contribution >= 0.6 is 0 Å². The van der Waals surface area contributed by atoms with Crippen molar-refractivity contribution in [2.24, 2.45) is 0 Å². The molecule has 7 nitrogen and oxygen atoms in total. The number of nitrogens with zero attached hydrogens (tertiary/aromatic N) is 3. The lowest BCUT2D eigenvalue weighted by Crippen LogP contribution is -2.12. The Hall–Kier alpha value is -3.22. The molecule has 1 aliphatic heterocycles.